The van der Waals surface area contributed by atoms with Crippen molar-refractivity contribution in [3.05, 3.63) is 83.3 Å². The number of allylic oxidation sites excluding steroid dienone is 4. The van der Waals surface area contributed by atoms with Gasteiger partial charge in [-0.15, -0.1) is 34.9 Å². The summed E-state index contributed by atoms with van der Waals surface area (Å²) in [5.41, 5.74) is 9.87. The minimum Gasteiger partial charge on any atom is -1.00 e. The summed E-state index contributed by atoms with van der Waals surface area (Å²) in [5, 5.41) is 0. The van der Waals surface area contributed by atoms with Crippen molar-refractivity contribution in [2.45, 2.75) is 47.5 Å². The third kappa shape index (κ3) is 5.95. The quantitative estimate of drug-likeness (QED) is 0.448. The molecule has 28 heavy (non-hydrogen) atoms. The molecule has 4 rings (SSSR count). The Kier molecular flexibility index (Phi) is 11.3. The third-order valence-electron chi connectivity index (χ3n) is 4.79. The normalized spacial score (nSPS) is 13.3. The van der Waals surface area contributed by atoms with E-state index in [0.717, 1.165) is 12.8 Å². The molecule has 0 atom stereocenters. The molecule has 0 bridgehead atoms. The summed E-state index contributed by atoms with van der Waals surface area (Å²) in [7, 11) is 0. The molecule has 0 amide bonds. The Balaban J connectivity index is 0.00000115. The fourth-order valence-electron chi connectivity index (χ4n) is 3.48. The van der Waals surface area contributed by atoms with Crippen molar-refractivity contribution >= 4 is 5.57 Å². The van der Waals surface area contributed by atoms with E-state index in [1.807, 2.05) is 20.3 Å². The molecular formula is C25H28Cl2Zr. The van der Waals surface area contributed by atoms with Crippen LogP contribution in [0.5, 0.6) is 0 Å². The van der Waals surface area contributed by atoms with Crippen LogP contribution in [0.1, 0.15) is 57.7 Å². The molecule has 0 nitrogen and oxygen atoms in total. The number of hydrogen-bond donors (Lipinski definition) is 0. The fourth-order valence-corrected chi connectivity index (χ4v) is 3.48. The largest absolute Gasteiger partial charge is 4.00 e. The SMILES string of the molecule is CC(C)(C)C1=CCC(c2[c-]c3c(cc2)-c2ccccc2C3)=C1.C[CH-]C.[Cl-].[Cl-].[Zr+4]. The number of halogens is 2. The summed E-state index contributed by atoms with van der Waals surface area (Å²) >= 11 is 0. The van der Waals surface area contributed by atoms with Crippen LogP contribution in [-0.2, 0) is 32.6 Å². The molecule has 2 aromatic rings. The number of benzene rings is 2. The van der Waals surface area contributed by atoms with Crippen LogP contribution in [0.15, 0.2) is 54.1 Å². The van der Waals surface area contributed by atoms with E-state index in [9.17, 15) is 0 Å². The van der Waals surface area contributed by atoms with Gasteiger partial charge in [0.2, 0.25) is 0 Å². The molecule has 0 aliphatic heterocycles. The van der Waals surface area contributed by atoms with Crippen LogP contribution in [0.25, 0.3) is 16.7 Å². The van der Waals surface area contributed by atoms with Crippen LogP contribution in [0.4, 0.5) is 0 Å². The molecule has 0 spiro atoms. The molecule has 2 aromatic carbocycles. The zero-order valence-electron chi connectivity index (χ0n) is 17.4. The zero-order chi connectivity index (χ0) is 18.0. The van der Waals surface area contributed by atoms with Crippen LogP contribution < -0.4 is 24.8 Å². The van der Waals surface area contributed by atoms with Gasteiger partial charge >= 0.3 is 26.2 Å². The molecule has 3 heteroatoms. The summed E-state index contributed by atoms with van der Waals surface area (Å²) in [6, 6.07) is 16.9. The van der Waals surface area contributed by atoms with E-state index in [4.69, 9.17) is 0 Å². The number of hydrogen-bond acceptors (Lipinski definition) is 0. The maximum absolute atomic E-state index is 3.68. The predicted molar refractivity (Wildman–Crippen MR) is 109 cm³/mol. The van der Waals surface area contributed by atoms with Crippen molar-refractivity contribution in [3.8, 4) is 11.1 Å². The van der Waals surface area contributed by atoms with E-state index in [0.29, 0.717) is 0 Å². The molecule has 0 N–H and O–H groups in total. The number of rotatable bonds is 1. The van der Waals surface area contributed by atoms with E-state index in [1.54, 1.807) is 0 Å². The number of fused-ring (bicyclic) bond motifs is 3. The Morgan fingerprint density at radius 1 is 0.929 bits per heavy atom. The minimum atomic E-state index is 0. The van der Waals surface area contributed by atoms with Crippen LogP contribution in [0, 0.1) is 17.9 Å². The molecule has 0 unspecified atom stereocenters. The van der Waals surface area contributed by atoms with Crippen molar-refractivity contribution in [1.29, 1.82) is 0 Å². The Morgan fingerprint density at radius 3 is 2.18 bits per heavy atom. The fraction of sp³-hybridized carbons (Fsp3) is 0.320. The zero-order valence-corrected chi connectivity index (χ0v) is 21.3. The minimum absolute atomic E-state index is 0. The van der Waals surface area contributed by atoms with Gasteiger partial charge < -0.3 is 31.2 Å². The Morgan fingerprint density at radius 2 is 1.57 bits per heavy atom. The smallest absolute Gasteiger partial charge is 1.00 e. The molecule has 146 valence electrons. The molecule has 0 heterocycles. The van der Waals surface area contributed by atoms with E-state index < -0.39 is 0 Å². The van der Waals surface area contributed by atoms with Crippen molar-refractivity contribution in [2.24, 2.45) is 5.41 Å². The first-order valence-electron chi connectivity index (χ1n) is 9.23. The van der Waals surface area contributed by atoms with Crippen LogP contribution >= 0.6 is 0 Å². The van der Waals surface area contributed by atoms with Crippen LogP contribution in [0.2, 0.25) is 0 Å². The Bertz CT molecular complexity index is 842. The predicted octanol–water partition coefficient (Wildman–Crippen LogP) is 1.05. The van der Waals surface area contributed by atoms with Gasteiger partial charge in [-0.1, -0.05) is 73.9 Å². The average molecular weight is 491 g/mol. The van der Waals surface area contributed by atoms with Gasteiger partial charge in [-0.2, -0.15) is 13.8 Å². The van der Waals surface area contributed by atoms with Gasteiger partial charge in [0, 0.05) is 0 Å². The molecule has 0 fully saturated rings. The molecule has 2 aliphatic carbocycles. The van der Waals surface area contributed by atoms with Gasteiger partial charge in [0.15, 0.2) is 0 Å². The third-order valence-corrected chi connectivity index (χ3v) is 4.79. The maximum Gasteiger partial charge on any atom is 4.00 e. The average Bonchev–Trinajstić information content (AvgIpc) is 3.19. The standard InChI is InChI=1S/C22H21.C3H7.2ClH.Zr/c1-22(2,3)19-10-8-16(14-19)15-9-11-21-18(12-15)13-17-6-4-5-7-20(17)21;1-3-2;;;/h4-7,9-11,14H,8,13H2,1-3H3;3H,1-2H3;2*1H;/q2*-1;;;+4/p-2. The first-order valence-corrected chi connectivity index (χ1v) is 9.23. The topological polar surface area (TPSA) is 0 Å². The summed E-state index contributed by atoms with van der Waals surface area (Å²) in [5.74, 6) is 0. The molecule has 2 aliphatic rings. The molecule has 0 saturated heterocycles. The summed E-state index contributed by atoms with van der Waals surface area (Å²) in [6.07, 6.45) is 8.78. The van der Waals surface area contributed by atoms with Gasteiger partial charge in [0.1, 0.15) is 0 Å². The van der Waals surface area contributed by atoms with Crippen LogP contribution in [0.3, 0.4) is 0 Å². The van der Waals surface area contributed by atoms with Crippen LogP contribution in [-0.4, -0.2) is 0 Å². The monoisotopic (exact) mass is 488 g/mol. The van der Waals surface area contributed by atoms with Crippen molar-refractivity contribution in [3.63, 3.8) is 0 Å². The molecule has 0 saturated carbocycles. The van der Waals surface area contributed by atoms with Gasteiger partial charge in [-0.3, -0.25) is 0 Å². The van der Waals surface area contributed by atoms with Crippen molar-refractivity contribution in [1.82, 2.24) is 0 Å². The van der Waals surface area contributed by atoms with Crippen molar-refractivity contribution in [2.75, 3.05) is 0 Å². The first kappa shape index (κ1) is 27.4. The molecule has 0 radical (unpaired) electrons. The molecule has 0 aromatic heterocycles. The second-order valence-corrected chi connectivity index (χ2v) is 7.96. The second-order valence-electron chi connectivity index (χ2n) is 7.96. The van der Waals surface area contributed by atoms with E-state index in [2.05, 4.69) is 75.4 Å². The van der Waals surface area contributed by atoms with E-state index >= 15 is 0 Å². The summed E-state index contributed by atoms with van der Waals surface area (Å²) < 4.78 is 0. The van der Waals surface area contributed by atoms with Gasteiger partial charge in [-0.05, 0) is 23.8 Å². The van der Waals surface area contributed by atoms with E-state index in [-0.39, 0.29) is 56.4 Å². The van der Waals surface area contributed by atoms with Gasteiger partial charge in [-0.25, -0.2) is 0 Å². The summed E-state index contributed by atoms with van der Waals surface area (Å²) in [4.78, 5) is 0. The molecular weight excluding hydrogens is 462 g/mol. The maximum atomic E-state index is 3.68. The van der Waals surface area contributed by atoms with Gasteiger partial charge in [0.05, 0.1) is 0 Å². The van der Waals surface area contributed by atoms with E-state index in [1.165, 1.54) is 39.0 Å². The first-order chi connectivity index (χ1) is 11.9. The summed E-state index contributed by atoms with van der Waals surface area (Å²) in [6.45, 7) is 10.8. The Labute approximate surface area is 202 Å². The van der Waals surface area contributed by atoms with Gasteiger partial charge in [0.25, 0.3) is 0 Å². The second kappa shape index (κ2) is 11.5. The van der Waals surface area contributed by atoms with Crippen molar-refractivity contribution < 1.29 is 51.0 Å². The Hall–Kier alpha value is -0.617.